The molecule has 1 aliphatic carbocycles. The maximum Gasteiger partial charge on any atom is 0.320 e. The Kier molecular flexibility index (Phi) is 3.95. The maximum atomic E-state index is 14.4. The van der Waals surface area contributed by atoms with Crippen LogP contribution < -0.4 is 5.32 Å². The lowest BCUT2D eigenvalue weighted by Gasteiger charge is -2.27. The van der Waals surface area contributed by atoms with E-state index in [1.54, 1.807) is 0 Å². The van der Waals surface area contributed by atoms with Gasteiger partial charge >= 0.3 is 5.97 Å². The van der Waals surface area contributed by atoms with E-state index < -0.39 is 39.4 Å². The summed E-state index contributed by atoms with van der Waals surface area (Å²) in [4.78, 5) is 29.9. The van der Waals surface area contributed by atoms with Crippen LogP contribution in [0.3, 0.4) is 0 Å². The van der Waals surface area contributed by atoms with Crippen LogP contribution in [0.2, 0.25) is 0 Å². The largest absolute Gasteiger partial charge is 0.480 e. The first-order chi connectivity index (χ1) is 8.67. The molecule has 0 bridgehead atoms. The van der Waals surface area contributed by atoms with E-state index in [-0.39, 0.29) is 0 Å². The molecule has 1 aliphatic rings. The summed E-state index contributed by atoms with van der Waals surface area (Å²) in [6.07, 6.45) is 1.86. The lowest BCUT2D eigenvalue weighted by molar-refractivity contribution is -0.529. The smallest absolute Gasteiger partial charge is 0.320 e. The van der Waals surface area contributed by atoms with Gasteiger partial charge < -0.3 is 5.11 Å². The zero-order valence-corrected chi connectivity index (χ0v) is 9.65. The quantitative estimate of drug-likeness (QED) is 0.412. The van der Waals surface area contributed by atoms with E-state index in [2.05, 4.69) is 0 Å². The van der Waals surface area contributed by atoms with Crippen LogP contribution in [0.15, 0.2) is 23.9 Å². The zero-order chi connectivity index (χ0) is 14.8. The van der Waals surface area contributed by atoms with Gasteiger partial charge in [0.05, 0.1) is 11.0 Å². The van der Waals surface area contributed by atoms with Crippen molar-refractivity contribution in [3.8, 4) is 0 Å². The average molecular weight is 275 g/mol. The maximum absolute atomic E-state index is 14.4. The van der Waals surface area contributed by atoms with Crippen molar-refractivity contribution in [1.82, 2.24) is 5.32 Å². The fraction of sp³-hybridized carbons (Fsp3) is 0.444. The molecule has 0 aromatic heterocycles. The number of rotatable bonds is 5. The molecule has 2 N–H and O–H groups in total. The van der Waals surface area contributed by atoms with Crippen molar-refractivity contribution < 1.29 is 24.1 Å². The van der Waals surface area contributed by atoms with Crippen LogP contribution in [0.5, 0.6) is 0 Å². The highest BCUT2D eigenvalue weighted by Gasteiger charge is 2.49. The van der Waals surface area contributed by atoms with E-state index in [1.165, 1.54) is 0 Å². The van der Waals surface area contributed by atoms with Crippen LogP contribution in [-0.2, 0) is 4.79 Å². The number of nitrogens with one attached hydrogen (secondary N) is 1. The third kappa shape index (κ3) is 3.10. The van der Waals surface area contributed by atoms with Crippen molar-refractivity contribution in [2.45, 2.75) is 24.8 Å². The van der Waals surface area contributed by atoms with Gasteiger partial charge in [-0.25, -0.2) is 4.39 Å². The minimum Gasteiger partial charge on any atom is -0.480 e. The summed E-state index contributed by atoms with van der Waals surface area (Å²) in [5, 5.41) is 31.8. The average Bonchev–Trinajstić information content (AvgIpc) is 2.27. The molecule has 104 valence electrons. The minimum absolute atomic E-state index is 0.529. The molecule has 0 aromatic carbocycles. The van der Waals surface area contributed by atoms with Crippen LogP contribution in [0, 0.1) is 20.2 Å². The van der Waals surface area contributed by atoms with Crippen molar-refractivity contribution in [2.75, 3.05) is 0 Å². The molecular weight excluding hydrogens is 265 g/mol. The van der Waals surface area contributed by atoms with Crippen molar-refractivity contribution in [3.63, 3.8) is 0 Å². The van der Waals surface area contributed by atoms with Crippen molar-refractivity contribution in [2.24, 2.45) is 0 Å². The van der Waals surface area contributed by atoms with Crippen LogP contribution in [0.25, 0.3) is 0 Å². The van der Waals surface area contributed by atoms with Crippen molar-refractivity contribution in [3.05, 3.63) is 44.2 Å². The molecule has 0 saturated heterocycles. The van der Waals surface area contributed by atoms with E-state index in [9.17, 15) is 29.4 Å². The Labute approximate surface area is 105 Å². The molecule has 0 spiro atoms. The molecule has 19 heavy (non-hydrogen) atoms. The number of carbonyl (C=O) groups is 1. The molecule has 0 radical (unpaired) electrons. The molecule has 0 heterocycles. The number of carboxylic acid groups (broad SMARTS) is 1. The molecule has 10 heteroatoms. The van der Waals surface area contributed by atoms with E-state index in [4.69, 9.17) is 5.11 Å². The molecule has 0 saturated carbocycles. The lowest BCUT2D eigenvalue weighted by atomic mass is 9.98. The minimum atomic E-state index is -2.80. The molecule has 0 amide bonds. The second kappa shape index (κ2) is 5.10. The van der Waals surface area contributed by atoms with Gasteiger partial charge in [-0.15, -0.1) is 0 Å². The normalized spacial score (nSPS) is 27.5. The number of alkyl halides is 1. The first-order valence-corrected chi connectivity index (χ1v) is 5.05. The molecule has 0 aromatic rings. The Balaban J connectivity index is 3.08. The number of allylic oxidation sites excluding steroid dienone is 1. The van der Waals surface area contributed by atoms with Gasteiger partial charge in [0, 0.05) is 11.0 Å². The number of halogens is 1. The van der Waals surface area contributed by atoms with Crippen LogP contribution in [0.4, 0.5) is 4.39 Å². The number of aliphatic carboxylic acids is 1. The Hall–Kier alpha value is -2.36. The van der Waals surface area contributed by atoms with Crippen molar-refractivity contribution >= 4 is 5.97 Å². The predicted molar refractivity (Wildman–Crippen MR) is 59.1 cm³/mol. The van der Waals surface area contributed by atoms with Gasteiger partial charge in [-0.1, -0.05) is 0 Å². The van der Waals surface area contributed by atoms with Crippen molar-refractivity contribution in [1.29, 1.82) is 0 Å². The summed E-state index contributed by atoms with van der Waals surface area (Å²) in [7, 11) is 0. The third-order valence-corrected chi connectivity index (χ3v) is 2.50. The highest BCUT2D eigenvalue weighted by Crippen LogP contribution is 2.26. The zero-order valence-electron chi connectivity index (χ0n) is 9.65. The van der Waals surface area contributed by atoms with Gasteiger partial charge in [0.15, 0.2) is 0 Å². The summed E-state index contributed by atoms with van der Waals surface area (Å²) in [5.41, 5.74) is -0.625. The fourth-order valence-corrected chi connectivity index (χ4v) is 1.51. The van der Waals surface area contributed by atoms with E-state index in [1.807, 2.05) is 5.32 Å². The third-order valence-electron chi connectivity index (χ3n) is 2.50. The van der Waals surface area contributed by atoms with E-state index >= 15 is 0 Å². The van der Waals surface area contributed by atoms with Crippen LogP contribution in [0.1, 0.15) is 6.92 Å². The number of carboxylic acids is 1. The van der Waals surface area contributed by atoms with E-state index in [0.717, 1.165) is 13.0 Å². The molecule has 9 nitrogen and oxygen atoms in total. The highest BCUT2D eigenvalue weighted by atomic mass is 19.1. The molecule has 0 fully saturated rings. The summed E-state index contributed by atoms with van der Waals surface area (Å²) in [6, 6.07) is -3.48. The number of hydrogen-bond donors (Lipinski definition) is 2. The number of nitro groups is 2. The lowest BCUT2D eigenvalue weighted by Crippen LogP contribution is -2.57. The summed E-state index contributed by atoms with van der Waals surface area (Å²) in [6.45, 7) is 1.10. The first-order valence-electron chi connectivity index (χ1n) is 5.05. The van der Waals surface area contributed by atoms with Gasteiger partial charge in [0.25, 0.3) is 17.5 Å². The highest BCUT2D eigenvalue weighted by molar-refractivity contribution is 5.73. The standard InChI is InChI=1S/C9H10FN3O6/c1-5(8(14)15)11-9(10)3-2-6(12(16)17)4-7(9)13(18)19/h2-5,7,11H,1H3,(H,14,15)/t5-,7?,9?/m0/s1. The number of nitrogens with zero attached hydrogens (tertiary/aromatic N) is 2. The monoisotopic (exact) mass is 275 g/mol. The second-order valence-electron chi connectivity index (χ2n) is 3.88. The topological polar surface area (TPSA) is 136 Å². The molecule has 1 rings (SSSR count). The van der Waals surface area contributed by atoms with Gasteiger partial charge in [0.1, 0.15) is 6.04 Å². The van der Waals surface area contributed by atoms with Gasteiger partial charge in [-0.05, 0) is 13.0 Å². The summed E-state index contributed by atoms with van der Waals surface area (Å²) >= 11 is 0. The Morgan fingerprint density at radius 3 is 2.58 bits per heavy atom. The number of hydrogen-bond acceptors (Lipinski definition) is 6. The first kappa shape index (κ1) is 14.7. The molecule has 2 unspecified atom stereocenters. The molecule has 0 aliphatic heterocycles. The Bertz CT molecular complexity index is 490. The van der Waals surface area contributed by atoms with Crippen LogP contribution >= 0.6 is 0 Å². The second-order valence-corrected chi connectivity index (χ2v) is 3.88. The van der Waals surface area contributed by atoms with E-state index in [0.29, 0.717) is 12.2 Å². The summed E-state index contributed by atoms with van der Waals surface area (Å²) < 4.78 is 14.4. The van der Waals surface area contributed by atoms with Crippen LogP contribution in [-0.4, -0.2) is 38.8 Å². The molecule has 3 atom stereocenters. The fourth-order valence-electron chi connectivity index (χ4n) is 1.51. The predicted octanol–water partition coefficient (Wildman–Crippen LogP) is 0.0906. The van der Waals surface area contributed by atoms with Gasteiger partial charge in [0.2, 0.25) is 0 Å². The SMILES string of the molecule is C[C@H](NC1(F)C=CC([N+](=O)[O-])=CC1[N+](=O)[O-])C(=O)O. The Morgan fingerprint density at radius 2 is 2.16 bits per heavy atom. The van der Waals surface area contributed by atoms with Gasteiger partial charge in [-0.2, -0.15) is 0 Å². The molecular formula is C9H10FN3O6. The van der Waals surface area contributed by atoms with Gasteiger partial charge in [-0.3, -0.25) is 30.3 Å². The summed E-state index contributed by atoms with van der Waals surface area (Å²) in [5.74, 6) is -4.21. The Morgan fingerprint density at radius 1 is 1.58 bits per heavy atom.